The van der Waals surface area contributed by atoms with Crippen LogP contribution in [0.1, 0.15) is 25.7 Å². The van der Waals surface area contributed by atoms with Crippen molar-refractivity contribution in [3.8, 4) is 0 Å². The van der Waals surface area contributed by atoms with Gasteiger partial charge < -0.3 is 15.1 Å². The van der Waals surface area contributed by atoms with Crippen LogP contribution in [-0.2, 0) is 0 Å². The van der Waals surface area contributed by atoms with Gasteiger partial charge >= 0.3 is 0 Å². The third-order valence-electron chi connectivity index (χ3n) is 4.58. The minimum atomic E-state index is -0.327. The molecule has 1 aromatic heterocycles. The average Bonchev–Trinajstić information content (AvgIpc) is 3.02. The fraction of sp³-hybridized carbons (Fsp3) is 0.733. The summed E-state index contributed by atoms with van der Waals surface area (Å²) < 4.78 is 13.9. The SMILES string of the molecule is CNc1ncc(F)c(N2CCC(CN3CCCC3)CC2)n1. The summed E-state index contributed by atoms with van der Waals surface area (Å²) in [5, 5.41) is 2.87. The van der Waals surface area contributed by atoms with Crippen molar-refractivity contribution in [3.63, 3.8) is 0 Å². The van der Waals surface area contributed by atoms with Crippen molar-refractivity contribution in [1.29, 1.82) is 0 Å². The van der Waals surface area contributed by atoms with Crippen molar-refractivity contribution in [3.05, 3.63) is 12.0 Å². The van der Waals surface area contributed by atoms with Gasteiger partial charge in [0.05, 0.1) is 6.20 Å². The van der Waals surface area contributed by atoms with Crippen LogP contribution in [0.2, 0.25) is 0 Å². The molecule has 5 nitrogen and oxygen atoms in total. The molecular weight excluding hydrogens is 269 g/mol. The van der Waals surface area contributed by atoms with Crippen molar-refractivity contribution in [1.82, 2.24) is 14.9 Å². The quantitative estimate of drug-likeness (QED) is 0.919. The van der Waals surface area contributed by atoms with Gasteiger partial charge in [-0.1, -0.05) is 0 Å². The number of hydrogen-bond acceptors (Lipinski definition) is 5. The topological polar surface area (TPSA) is 44.3 Å². The third kappa shape index (κ3) is 3.43. The van der Waals surface area contributed by atoms with Gasteiger partial charge in [-0.25, -0.2) is 9.37 Å². The van der Waals surface area contributed by atoms with Crippen molar-refractivity contribution >= 4 is 11.8 Å². The smallest absolute Gasteiger partial charge is 0.224 e. The average molecular weight is 293 g/mol. The number of likely N-dealkylation sites (tertiary alicyclic amines) is 1. The van der Waals surface area contributed by atoms with E-state index < -0.39 is 0 Å². The maximum absolute atomic E-state index is 13.9. The molecule has 0 aromatic carbocycles. The van der Waals surface area contributed by atoms with Crippen LogP contribution in [0.15, 0.2) is 6.20 Å². The van der Waals surface area contributed by atoms with Crippen LogP contribution in [0.3, 0.4) is 0 Å². The molecule has 3 heterocycles. The number of nitrogens with zero attached hydrogens (tertiary/aromatic N) is 4. The fourth-order valence-corrected chi connectivity index (χ4v) is 3.36. The van der Waals surface area contributed by atoms with E-state index in [1.165, 1.54) is 38.7 Å². The molecule has 2 fully saturated rings. The van der Waals surface area contributed by atoms with E-state index in [4.69, 9.17) is 0 Å². The standard InChI is InChI=1S/C15H24FN5/c1-17-15-18-10-13(16)14(19-15)21-8-4-12(5-9-21)11-20-6-2-3-7-20/h10,12H,2-9,11H2,1H3,(H,17,18,19). The second kappa shape index (κ2) is 6.56. The van der Waals surface area contributed by atoms with E-state index in [1.54, 1.807) is 7.05 Å². The van der Waals surface area contributed by atoms with E-state index in [1.807, 2.05) is 0 Å². The predicted molar refractivity (Wildman–Crippen MR) is 82.1 cm³/mol. The number of piperidine rings is 1. The number of halogens is 1. The highest BCUT2D eigenvalue weighted by atomic mass is 19.1. The summed E-state index contributed by atoms with van der Waals surface area (Å²) in [7, 11) is 1.75. The first-order valence-electron chi connectivity index (χ1n) is 7.94. The molecule has 21 heavy (non-hydrogen) atoms. The molecule has 6 heteroatoms. The van der Waals surface area contributed by atoms with Crippen molar-refractivity contribution in [2.45, 2.75) is 25.7 Å². The Kier molecular flexibility index (Phi) is 4.53. The molecule has 0 atom stereocenters. The molecule has 1 N–H and O–H groups in total. The van der Waals surface area contributed by atoms with Gasteiger partial charge in [0.15, 0.2) is 11.6 Å². The van der Waals surface area contributed by atoms with Gasteiger partial charge in [0.1, 0.15) is 0 Å². The highest BCUT2D eigenvalue weighted by Crippen LogP contribution is 2.25. The molecule has 3 rings (SSSR count). The third-order valence-corrected chi connectivity index (χ3v) is 4.58. The maximum atomic E-state index is 13.9. The molecule has 0 radical (unpaired) electrons. The first-order valence-corrected chi connectivity index (χ1v) is 7.94. The van der Waals surface area contributed by atoms with Crippen molar-refractivity contribution < 1.29 is 4.39 Å². The number of anilines is 2. The van der Waals surface area contributed by atoms with Crippen LogP contribution in [-0.4, -0.2) is 54.6 Å². The molecule has 0 bridgehead atoms. The molecular formula is C15H24FN5. The summed E-state index contributed by atoms with van der Waals surface area (Å²) in [6.45, 7) is 5.49. The second-order valence-electron chi connectivity index (χ2n) is 6.05. The van der Waals surface area contributed by atoms with E-state index in [0.717, 1.165) is 31.8 Å². The van der Waals surface area contributed by atoms with Gasteiger partial charge in [-0.05, 0) is 44.7 Å². The van der Waals surface area contributed by atoms with Crippen LogP contribution in [0.25, 0.3) is 0 Å². The summed E-state index contributed by atoms with van der Waals surface area (Å²) in [5.74, 6) is 1.33. The van der Waals surface area contributed by atoms with Crippen LogP contribution >= 0.6 is 0 Å². The number of aromatic nitrogens is 2. The van der Waals surface area contributed by atoms with Gasteiger partial charge in [0.2, 0.25) is 5.95 Å². The Bertz CT molecular complexity index is 467. The van der Waals surface area contributed by atoms with Gasteiger partial charge in [-0.15, -0.1) is 0 Å². The molecule has 116 valence electrons. The van der Waals surface area contributed by atoms with E-state index in [0.29, 0.717) is 11.8 Å². The normalized spacial score (nSPS) is 21.0. The maximum Gasteiger partial charge on any atom is 0.224 e. The van der Waals surface area contributed by atoms with Gasteiger partial charge in [0, 0.05) is 26.7 Å². The molecule has 2 aliphatic rings. The summed E-state index contributed by atoms with van der Waals surface area (Å²) in [5.41, 5.74) is 0. The summed E-state index contributed by atoms with van der Waals surface area (Å²) in [6.07, 6.45) is 6.18. The lowest BCUT2D eigenvalue weighted by Crippen LogP contribution is -2.39. The molecule has 2 saturated heterocycles. The van der Waals surface area contributed by atoms with E-state index in [2.05, 4.69) is 25.1 Å². The Morgan fingerprint density at radius 2 is 1.95 bits per heavy atom. The molecule has 0 unspecified atom stereocenters. The minimum Gasteiger partial charge on any atom is -0.357 e. The highest BCUT2D eigenvalue weighted by Gasteiger charge is 2.25. The zero-order chi connectivity index (χ0) is 14.7. The van der Waals surface area contributed by atoms with Gasteiger partial charge in [0.25, 0.3) is 0 Å². The first-order chi connectivity index (χ1) is 10.3. The van der Waals surface area contributed by atoms with Crippen LogP contribution in [0, 0.1) is 11.7 Å². The lowest BCUT2D eigenvalue weighted by Gasteiger charge is -2.34. The molecule has 0 spiro atoms. The van der Waals surface area contributed by atoms with E-state index >= 15 is 0 Å². The van der Waals surface area contributed by atoms with Gasteiger partial charge in [-0.2, -0.15) is 4.98 Å². The molecule has 0 amide bonds. The minimum absolute atomic E-state index is 0.327. The lowest BCUT2D eigenvalue weighted by molar-refractivity contribution is 0.249. The zero-order valence-electron chi connectivity index (χ0n) is 12.7. The summed E-state index contributed by atoms with van der Waals surface area (Å²) >= 11 is 0. The Morgan fingerprint density at radius 1 is 1.24 bits per heavy atom. The predicted octanol–water partition coefficient (Wildman–Crippen LogP) is 1.97. The fourth-order valence-electron chi connectivity index (χ4n) is 3.36. The summed E-state index contributed by atoms with van der Waals surface area (Å²) in [4.78, 5) is 12.8. The largest absolute Gasteiger partial charge is 0.357 e. The van der Waals surface area contributed by atoms with E-state index in [9.17, 15) is 4.39 Å². The molecule has 2 aliphatic heterocycles. The van der Waals surface area contributed by atoms with Crippen LogP contribution in [0.4, 0.5) is 16.2 Å². The first kappa shape index (κ1) is 14.5. The number of rotatable bonds is 4. The van der Waals surface area contributed by atoms with Crippen LogP contribution < -0.4 is 10.2 Å². The Balaban J connectivity index is 1.57. The summed E-state index contributed by atoms with van der Waals surface area (Å²) in [6, 6.07) is 0. The monoisotopic (exact) mass is 293 g/mol. The number of hydrogen-bond donors (Lipinski definition) is 1. The molecule has 1 aromatic rings. The van der Waals surface area contributed by atoms with Crippen molar-refractivity contribution in [2.75, 3.05) is 50.0 Å². The molecule has 0 saturated carbocycles. The Hall–Kier alpha value is -1.43. The molecule has 0 aliphatic carbocycles. The second-order valence-corrected chi connectivity index (χ2v) is 6.05. The number of nitrogens with one attached hydrogen (secondary N) is 1. The lowest BCUT2D eigenvalue weighted by atomic mass is 9.96. The zero-order valence-corrected chi connectivity index (χ0v) is 12.7. The van der Waals surface area contributed by atoms with Gasteiger partial charge in [-0.3, -0.25) is 0 Å². The Morgan fingerprint density at radius 3 is 2.62 bits per heavy atom. The van der Waals surface area contributed by atoms with Crippen LogP contribution in [0.5, 0.6) is 0 Å². The Labute approximate surface area is 125 Å². The highest BCUT2D eigenvalue weighted by molar-refractivity contribution is 5.44. The van der Waals surface area contributed by atoms with Crippen molar-refractivity contribution in [2.24, 2.45) is 5.92 Å². The van der Waals surface area contributed by atoms with E-state index in [-0.39, 0.29) is 5.82 Å².